The largest absolute Gasteiger partial charge is 0.497 e. The van der Waals surface area contributed by atoms with Crippen molar-refractivity contribution in [2.24, 2.45) is 0 Å². The lowest BCUT2D eigenvalue weighted by molar-refractivity contribution is -0.114. The minimum absolute atomic E-state index is 0.0838. The zero-order valence-corrected chi connectivity index (χ0v) is 18.3. The summed E-state index contributed by atoms with van der Waals surface area (Å²) in [6.45, 7) is 4.55. The summed E-state index contributed by atoms with van der Waals surface area (Å²) in [6, 6.07) is 17.5. The standard InChI is InChI=1S/C23H21ClN2O2.C2H6/c1-28-17-9-6-15(7-10-17)8-11-22(27)26-14-16(13-24)23-19-5-3-2-4-18(19)20(25)12-21(23)26;1-2/h2-12,16H,13-14,25H2,1H3;1-2H3/b11-8+;. The van der Waals surface area contributed by atoms with E-state index in [9.17, 15) is 4.79 Å². The van der Waals surface area contributed by atoms with Crippen molar-refractivity contribution in [2.75, 3.05) is 30.2 Å². The first-order valence-corrected chi connectivity index (χ1v) is 10.7. The molecule has 156 valence electrons. The molecule has 0 bridgehead atoms. The number of nitrogens with zero attached hydrogens (tertiary/aromatic N) is 1. The summed E-state index contributed by atoms with van der Waals surface area (Å²) in [6.07, 6.45) is 3.40. The van der Waals surface area contributed by atoms with Crippen molar-refractivity contribution in [2.45, 2.75) is 19.8 Å². The second-order valence-electron chi connectivity index (χ2n) is 6.85. The minimum atomic E-state index is -0.0839. The normalized spacial score (nSPS) is 15.1. The number of nitrogen functional groups attached to an aromatic ring is 1. The van der Waals surface area contributed by atoms with Crippen LogP contribution in [0.5, 0.6) is 5.75 Å². The molecule has 0 aliphatic carbocycles. The molecular weight excluding hydrogens is 396 g/mol. The summed E-state index contributed by atoms with van der Waals surface area (Å²) in [5, 5.41) is 2.07. The molecule has 0 saturated heterocycles. The number of carbonyl (C=O) groups is 1. The van der Waals surface area contributed by atoms with Gasteiger partial charge in [-0.25, -0.2) is 0 Å². The number of hydrogen-bond donors (Lipinski definition) is 1. The number of anilines is 2. The van der Waals surface area contributed by atoms with Crippen molar-refractivity contribution >= 4 is 45.7 Å². The third-order valence-electron chi connectivity index (χ3n) is 5.18. The molecule has 1 aliphatic rings. The van der Waals surface area contributed by atoms with E-state index < -0.39 is 0 Å². The Kier molecular flexibility index (Phi) is 7.01. The lowest BCUT2D eigenvalue weighted by Crippen LogP contribution is -2.28. The summed E-state index contributed by atoms with van der Waals surface area (Å²) < 4.78 is 5.16. The topological polar surface area (TPSA) is 55.6 Å². The monoisotopic (exact) mass is 422 g/mol. The molecule has 1 amide bonds. The Morgan fingerprint density at radius 2 is 1.83 bits per heavy atom. The van der Waals surface area contributed by atoms with Gasteiger partial charge in [0.25, 0.3) is 5.91 Å². The molecule has 4 nitrogen and oxygen atoms in total. The van der Waals surface area contributed by atoms with Crippen LogP contribution in [-0.2, 0) is 4.79 Å². The molecule has 0 spiro atoms. The number of benzene rings is 3. The zero-order chi connectivity index (χ0) is 21.7. The number of methoxy groups -OCH3 is 1. The second-order valence-corrected chi connectivity index (χ2v) is 7.16. The third-order valence-corrected chi connectivity index (χ3v) is 5.56. The van der Waals surface area contributed by atoms with Gasteiger partial charge < -0.3 is 15.4 Å². The SMILES string of the molecule is CC.COc1ccc(/C=C/C(=O)N2CC(CCl)c3c2cc(N)c2ccccc32)cc1. The van der Waals surface area contributed by atoms with Gasteiger partial charge >= 0.3 is 0 Å². The Hall–Kier alpha value is -2.98. The fourth-order valence-electron chi connectivity index (χ4n) is 3.78. The van der Waals surface area contributed by atoms with E-state index in [0.717, 1.165) is 33.3 Å². The lowest BCUT2D eigenvalue weighted by atomic mass is 9.95. The first-order valence-electron chi connectivity index (χ1n) is 10.1. The molecule has 0 radical (unpaired) electrons. The van der Waals surface area contributed by atoms with Crippen LogP contribution in [0.2, 0.25) is 0 Å². The fourth-order valence-corrected chi connectivity index (χ4v) is 4.03. The Labute approximate surface area is 182 Å². The van der Waals surface area contributed by atoms with Crippen LogP contribution in [0.1, 0.15) is 30.9 Å². The molecule has 1 atom stereocenters. The number of fused-ring (bicyclic) bond motifs is 3. The molecule has 0 saturated carbocycles. The smallest absolute Gasteiger partial charge is 0.251 e. The van der Waals surface area contributed by atoms with Crippen molar-refractivity contribution in [3.05, 3.63) is 71.8 Å². The van der Waals surface area contributed by atoms with Gasteiger partial charge in [0.1, 0.15) is 5.75 Å². The van der Waals surface area contributed by atoms with Crippen molar-refractivity contribution in [1.82, 2.24) is 0 Å². The van der Waals surface area contributed by atoms with Crippen LogP contribution in [0.15, 0.2) is 60.7 Å². The minimum Gasteiger partial charge on any atom is -0.497 e. The first-order chi connectivity index (χ1) is 14.6. The molecule has 2 N–H and O–H groups in total. The van der Waals surface area contributed by atoms with Gasteiger partial charge in [0, 0.05) is 35.5 Å². The zero-order valence-electron chi connectivity index (χ0n) is 17.6. The van der Waals surface area contributed by atoms with Crippen LogP contribution in [0.25, 0.3) is 16.8 Å². The summed E-state index contributed by atoms with van der Waals surface area (Å²) in [5.74, 6) is 1.23. The Morgan fingerprint density at radius 3 is 2.47 bits per heavy atom. The van der Waals surface area contributed by atoms with E-state index in [-0.39, 0.29) is 11.8 Å². The van der Waals surface area contributed by atoms with Gasteiger partial charge in [0.15, 0.2) is 0 Å². The van der Waals surface area contributed by atoms with Crippen molar-refractivity contribution in [1.29, 1.82) is 0 Å². The van der Waals surface area contributed by atoms with Gasteiger partial charge in [0.05, 0.1) is 12.8 Å². The van der Waals surface area contributed by atoms with Crippen LogP contribution in [0, 0.1) is 0 Å². The molecule has 0 aromatic heterocycles. The summed E-state index contributed by atoms with van der Waals surface area (Å²) in [5.41, 5.74) is 9.82. The number of alkyl halides is 1. The molecule has 3 aromatic carbocycles. The van der Waals surface area contributed by atoms with Crippen LogP contribution in [0.3, 0.4) is 0 Å². The van der Waals surface area contributed by atoms with Gasteiger partial charge in [0.2, 0.25) is 0 Å². The number of ether oxygens (including phenoxy) is 1. The van der Waals surface area contributed by atoms with Gasteiger partial charge in [-0.1, -0.05) is 50.2 Å². The highest BCUT2D eigenvalue weighted by molar-refractivity contribution is 6.19. The van der Waals surface area contributed by atoms with Crippen molar-refractivity contribution < 1.29 is 9.53 Å². The predicted octanol–water partition coefficient (Wildman–Crippen LogP) is 5.84. The van der Waals surface area contributed by atoms with Crippen molar-refractivity contribution in [3.8, 4) is 5.75 Å². The van der Waals surface area contributed by atoms with Crippen LogP contribution in [0.4, 0.5) is 11.4 Å². The van der Waals surface area contributed by atoms with Gasteiger partial charge in [-0.05, 0) is 40.8 Å². The molecule has 30 heavy (non-hydrogen) atoms. The Morgan fingerprint density at radius 1 is 1.17 bits per heavy atom. The maximum atomic E-state index is 12.9. The molecule has 3 aromatic rings. The first kappa shape index (κ1) is 21.7. The number of amides is 1. The van der Waals surface area contributed by atoms with E-state index in [2.05, 4.69) is 0 Å². The van der Waals surface area contributed by atoms with Gasteiger partial charge in [-0.3, -0.25) is 4.79 Å². The highest BCUT2D eigenvalue weighted by Gasteiger charge is 2.33. The summed E-state index contributed by atoms with van der Waals surface area (Å²) >= 11 is 6.25. The third kappa shape index (κ3) is 4.14. The molecule has 1 unspecified atom stereocenters. The Balaban J connectivity index is 0.00000124. The van der Waals surface area contributed by atoms with E-state index >= 15 is 0 Å². The highest BCUT2D eigenvalue weighted by atomic mass is 35.5. The van der Waals surface area contributed by atoms with E-state index in [1.165, 1.54) is 0 Å². The van der Waals surface area contributed by atoms with Crippen LogP contribution >= 0.6 is 11.6 Å². The van der Waals surface area contributed by atoms with Crippen LogP contribution < -0.4 is 15.4 Å². The average Bonchev–Trinajstić information content (AvgIpc) is 3.18. The quantitative estimate of drug-likeness (QED) is 0.326. The number of nitrogens with two attached hydrogens (primary N) is 1. The van der Waals surface area contributed by atoms with E-state index in [1.54, 1.807) is 24.2 Å². The van der Waals surface area contributed by atoms with E-state index in [1.807, 2.05) is 68.4 Å². The molecule has 5 heteroatoms. The molecule has 0 fully saturated rings. The average molecular weight is 423 g/mol. The van der Waals surface area contributed by atoms with Gasteiger partial charge in [-0.2, -0.15) is 0 Å². The molecule has 1 heterocycles. The highest BCUT2D eigenvalue weighted by Crippen LogP contribution is 2.44. The lowest BCUT2D eigenvalue weighted by Gasteiger charge is -2.16. The van der Waals surface area contributed by atoms with Crippen LogP contribution in [-0.4, -0.2) is 25.4 Å². The summed E-state index contributed by atoms with van der Waals surface area (Å²) in [7, 11) is 1.63. The number of halogens is 1. The molecular formula is C25H27ClN2O2. The van der Waals surface area contributed by atoms with E-state index in [4.69, 9.17) is 22.1 Å². The molecule has 4 rings (SSSR count). The van der Waals surface area contributed by atoms with Crippen molar-refractivity contribution in [3.63, 3.8) is 0 Å². The molecule has 1 aliphatic heterocycles. The predicted molar refractivity (Wildman–Crippen MR) is 128 cm³/mol. The maximum Gasteiger partial charge on any atom is 0.251 e. The van der Waals surface area contributed by atoms with Gasteiger partial charge in [-0.15, -0.1) is 11.6 Å². The fraction of sp³-hybridized carbons (Fsp3) is 0.240. The number of rotatable bonds is 4. The number of carbonyl (C=O) groups excluding carboxylic acids is 1. The summed E-state index contributed by atoms with van der Waals surface area (Å²) in [4.78, 5) is 14.7. The van der Waals surface area contributed by atoms with E-state index in [0.29, 0.717) is 18.1 Å². The maximum absolute atomic E-state index is 12.9. The second kappa shape index (κ2) is 9.68. The Bertz CT molecular complexity index is 1060. The number of hydrogen-bond acceptors (Lipinski definition) is 3.